The lowest BCUT2D eigenvalue weighted by Gasteiger charge is -2.23. The third kappa shape index (κ3) is 1.42. The maximum atomic E-state index is 3.76. The minimum absolute atomic E-state index is 0.462. The van der Waals surface area contributed by atoms with Crippen LogP contribution in [0.15, 0.2) is 48.5 Å². The summed E-state index contributed by atoms with van der Waals surface area (Å²) in [4.78, 5) is 0.462. The van der Waals surface area contributed by atoms with Crippen LogP contribution in [0.5, 0.6) is 0 Å². The van der Waals surface area contributed by atoms with Gasteiger partial charge in [-0.25, -0.2) is 0 Å². The van der Waals surface area contributed by atoms with Crippen molar-refractivity contribution in [3.8, 4) is 11.1 Å². The lowest BCUT2D eigenvalue weighted by atomic mass is 9.86. The second-order valence-corrected chi connectivity index (χ2v) is 5.02. The van der Waals surface area contributed by atoms with Gasteiger partial charge in [-0.2, -0.15) is 0 Å². The van der Waals surface area contributed by atoms with Crippen molar-refractivity contribution in [1.29, 1.82) is 0 Å². The highest BCUT2D eigenvalue weighted by molar-refractivity contribution is 9.09. The van der Waals surface area contributed by atoms with Crippen molar-refractivity contribution < 1.29 is 0 Å². The SMILES string of the molecule is BrC1Cc2ccccc2-c2ccccc21. The summed E-state index contributed by atoms with van der Waals surface area (Å²) in [5, 5.41) is 0. The van der Waals surface area contributed by atoms with E-state index in [0.717, 1.165) is 6.42 Å². The summed E-state index contributed by atoms with van der Waals surface area (Å²) in [5.41, 5.74) is 5.62. The van der Waals surface area contributed by atoms with Crippen LogP contribution in [0.25, 0.3) is 11.1 Å². The summed E-state index contributed by atoms with van der Waals surface area (Å²) >= 11 is 3.76. The Morgan fingerprint density at radius 3 is 2.40 bits per heavy atom. The molecular formula is C14H11Br. The molecule has 3 rings (SSSR count). The van der Waals surface area contributed by atoms with Crippen molar-refractivity contribution in [3.05, 3.63) is 59.7 Å². The lowest BCUT2D eigenvalue weighted by molar-refractivity contribution is 0.931. The monoisotopic (exact) mass is 258 g/mol. The zero-order valence-electron chi connectivity index (χ0n) is 8.28. The Hall–Kier alpha value is -1.08. The highest BCUT2D eigenvalue weighted by atomic mass is 79.9. The van der Waals surface area contributed by atoms with Crippen LogP contribution < -0.4 is 0 Å². The van der Waals surface area contributed by atoms with Gasteiger partial charge in [-0.3, -0.25) is 0 Å². The Balaban J connectivity index is 2.30. The lowest BCUT2D eigenvalue weighted by Crippen LogP contribution is -2.05. The van der Waals surface area contributed by atoms with E-state index >= 15 is 0 Å². The average molecular weight is 259 g/mol. The first-order valence-electron chi connectivity index (χ1n) is 5.17. The predicted octanol–water partition coefficient (Wildman–Crippen LogP) is 4.35. The fourth-order valence-corrected chi connectivity index (χ4v) is 3.03. The molecule has 0 aliphatic heterocycles. The largest absolute Gasteiger partial charge is 0.0835 e. The standard InChI is InChI=1S/C14H11Br/c15-14-9-10-5-1-2-6-11(10)12-7-3-4-8-13(12)14/h1-8,14H,9H2. The summed E-state index contributed by atoms with van der Waals surface area (Å²) in [7, 11) is 0. The quantitative estimate of drug-likeness (QED) is 0.617. The molecule has 0 aromatic heterocycles. The molecule has 74 valence electrons. The molecule has 2 aromatic carbocycles. The van der Waals surface area contributed by atoms with Crippen LogP contribution in [0.1, 0.15) is 16.0 Å². The predicted molar refractivity (Wildman–Crippen MR) is 67.3 cm³/mol. The molecule has 1 aliphatic rings. The highest BCUT2D eigenvalue weighted by Gasteiger charge is 2.21. The van der Waals surface area contributed by atoms with Crippen molar-refractivity contribution in [2.75, 3.05) is 0 Å². The molecule has 0 nitrogen and oxygen atoms in total. The summed E-state index contributed by atoms with van der Waals surface area (Å²) in [6, 6.07) is 17.3. The molecule has 1 atom stereocenters. The van der Waals surface area contributed by atoms with E-state index in [-0.39, 0.29) is 0 Å². The number of hydrogen-bond donors (Lipinski definition) is 0. The van der Waals surface area contributed by atoms with Crippen LogP contribution in [0.2, 0.25) is 0 Å². The van der Waals surface area contributed by atoms with Crippen LogP contribution >= 0.6 is 15.9 Å². The maximum absolute atomic E-state index is 3.76. The van der Waals surface area contributed by atoms with Gasteiger partial charge in [0.2, 0.25) is 0 Å². The Morgan fingerprint density at radius 2 is 1.53 bits per heavy atom. The van der Waals surface area contributed by atoms with Gasteiger partial charge in [-0.15, -0.1) is 0 Å². The molecule has 0 amide bonds. The molecule has 0 saturated carbocycles. The first kappa shape index (κ1) is 9.17. The molecule has 1 unspecified atom stereocenters. The minimum atomic E-state index is 0.462. The second-order valence-electron chi connectivity index (χ2n) is 3.92. The zero-order chi connectivity index (χ0) is 10.3. The highest BCUT2D eigenvalue weighted by Crippen LogP contribution is 2.41. The Bertz CT molecular complexity index is 502. The van der Waals surface area contributed by atoms with Gasteiger partial charge in [-0.05, 0) is 28.7 Å². The first-order valence-corrected chi connectivity index (χ1v) is 6.09. The average Bonchev–Trinajstić information content (AvgIpc) is 2.30. The molecule has 2 aromatic rings. The molecule has 1 heteroatoms. The molecular weight excluding hydrogens is 248 g/mol. The van der Waals surface area contributed by atoms with Gasteiger partial charge in [-0.1, -0.05) is 64.5 Å². The third-order valence-corrected chi connectivity index (χ3v) is 3.82. The van der Waals surface area contributed by atoms with Crippen LogP contribution in [0, 0.1) is 0 Å². The number of rotatable bonds is 0. The number of halogens is 1. The number of alkyl halides is 1. The van der Waals surface area contributed by atoms with Gasteiger partial charge >= 0.3 is 0 Å². The fourth-order valence-electron chi connectivity index (χ4n) is 2.28. The van der Waals surface area contributed by atoms with E-state index in [1.807, 2.05) is 0 Å². The molecule has 0 heterocycles. The Labute approximate surface area is 98.1 Å². The summed E-state index contributed by atoms with van der Waals surface area (Å²) < 4.78 is 0. The summed E-state index contributed by atoms with van der Waals surface area (Å²) in [5.74, 6) is 0. The van der Waals surface area contributed by atoms with Crippen molar-refractivity contribution in [2.45, 2.75) is 11.2 Å². The molecule has 1 aliphatic carbocycles. The van der Waals surface area contributed by atoms with E-state index in [1.165, 1.54) is 22.3 Å². The zero-order valence-corrected chi connectivity index (χ0v) is 9.87. The van der Waals surface area contributed by atoms with Gasteiger partial charge in [0.25, 0.3) is 0 Å². The molecule has 0 fully saturated rings. The summed E-state index contributed by atoms with van der Waals surface area (Å²) in [6.07, 6.45) is 1.09. The van der Waals surface area contributed by atoms with Crippen LogP contribution in [-0.2, 0) is 6.42 Å². The summed E-state index contributed by atoms with van der Waals surface area (Å²) in [6.45, 7) is 0. The van der Waals surface area contributed by atoms with Gasteiger partial charge in [0.05, 0.1) is 0 Å². The van der Waals surface area contributed by atoms with E-state index in [2.05, 4.69) is 64.5 Å². The molecule has 0 spiro atoms. The number of fused-ring (bicyclic) bond motifs is 3. The van der Waals surface area contributed by atoms with E-state index in [9.17, 15) is 0 Å². The smallest absolute Gasteiger partial charge is 0.0441 e. The normalized spacial score (nSPS) is 18.1. The van der Waals surface area contributed by atoms with Crippen molar-refractivity contribution in [2.24, 2.45) is 0 Å². The van der Waals surface area contributed by atoms with Gasteiger partial charge in [0, 0.05) is 4.83 Å². The topological polar surface area (TPSA) is 0 Å². The number of benzene rings is 2. The van der Waals surface area contributed by atoms with E-state index in [1.54, 1.807) is 0 Å². The van der Waals surface area contributed by atoms with Gasteiger partial charge in [0.1, 0.15) is 0 Å². The van der Waals surface area contributed by atoms with Gasteiger partial charge < -0.3 is 0 Å². The maximum Gasteiger partial charge on any atom is 0.0441 e. The third-order valence-electron chi connectivity index (χ3n) is 3.00. The van der Waals surface area contributed by atoms with Gasteiger partial charge in [0.15, 0.2) is 0 Å². The number of hydrogen-bond acceptors (Lipinski definition) is 0. The van der Waals surface area contributed by atoms with E-state index in [0.29, 0.717) is 4.83 Å². The van der Waals surface area contributed by atoms with E-state index < -0.39 is 0 Å². The fraction of sp³-hybridized carbons (Fsp3) is 0.143. The van der Waals surface area contributed by atoms with Crippen molar-refractivity contribution in [1.82, 2.24) is 0 Å². The van der Waals surface area contributed by atoms with Crippen molar-refractivity contribution >= 4 is 15.9 Å². The van der Waals surface area contributed by atoms with Crippen LogP contribution in [0.4, 0.5) is 0 Å². The second kappa shape index (κ2) is 3.49. The minimum Gasteiger partial charge on any atom is -0.0835 e. The Kier molecular flexibility index (Phi) is 2.14. The van der Waals surface area contributed by atoms with E-state index in [4.69, 9.17) is 0 Å². The van der Waals surface area contributed by atoms with Crippen LogP contribution in [-0.4, -0.2) is 0 Å². The van der Waals surface area contributed by atoms with Crippen molar-refractivity contribution in [3.63, 3.8) is 0 Å². The van der Waals surface area contributed by atoms with Crippen LogP contribution in [0.3, 0.4) is 0 Å². The Morgan fingerprint density at radius 1 is 0.867 bits per heavy atom. The molecule has 0 N–H and O–H groups in total. The molecule has 0 radical (unpaired) electrons. The molecule has 0 bridgehead atoms. The first-order chi connectivity index (χ1) is 7.36. The molecule has 15 heavy (non-hydrogen) atoms. The molecule has 0 saturated heterocycles.